The number of aliphatic hydroxyl groups is 1. The van der Waals surface area contributed by atoms with Crippen molar-refractivity contribution in [3.63, 3.8) is 0 Å². The van der Waals surface area contributed by atoms with Crippen molar-refractivity contribution in [1.29, 1.82) is 0 Å². The van der Waals surface area contributed by atoms with Gasteiger partial charge in [-0.05, 0) is 52.4 Å². The van der Waals surface area contributed by atoms with Gasteiger partial charge in [-0.15, -0.1) is 0 Å². The van der Waals surface area contributed by atoms with Crippen LogP contribution in [-0.2, 0) is 29.3 Å². The van der Waals surface area contributed by atoms with Crippen LogP contribution >= 0.6 is 0 Å². The van der Waals surface area contributed by atoms with Crippen molar-refractivity contribution in [1.82, 2.24) is 19.2 Å². The number of rotatable bonds is 13. The Morgan fingerprint density at radius 2 is 1.82 bits per heavy atom. The Balaban J connectivity index is 1.83. The molecule has 2 rings (SSSR count). The first-order chi connectivity index (χ1) is 18.0. The number of alkyl carbamates (subject to hydrolysis) is 1. The first-order valence-corrected chi connectivity index (χ1v) is 14.6. The van der Waals surface area contributed by atoms with E-state index in [0.717, 1.165) is 23.6 Å². The SMILES string of the molecule is CN(C)S(=O)(=O)NC(=O)C1CC1C=CCCCCCC(NC(=O)OC(C)(C)C)C(=O)N1CC(O)CC1C(N)=O. The van der Waals surface area contributed by atoms with Gasteiger partial charge in [-0.3, -0.25) is 14.4 Å². The number of primary amides is 1. The molecule has 1 heterocycles. The Hall–Kier alpha value is -2.71. The van der Waals surface area contributed by atoms with E-state index in [1.54, 1.807) is 20.8 Å². The smallest absolute Gasteiger partial charge is 0.408 e. The summed E-state index contributed by atoms with van der Waals surface area (Å²) in [5, 5.41) is 12.6. The van der Waals surface area contributed by atoms with Crippen molar-refractivity contribution in [2.24, 2.45) is 17.6 Å². The molecule has 2 aliphatic rings. The molecule has 1 aliphatic carbocycles. The number of carbonyl (C=O) groups is 4. The van der Waals surface area contributed by atoms with E-state index in [1.807, 2.05) is 12.2 Å². The lowest BCUT2D eigenvalue weighted by Gasteiger charge is -2.28. The van der Waals surface area contributed by atoms with Gasteiger partial charge in [0.2, 0.25) is 17.7 Å². The number of aliphatic hydroxyl groups excluding tert-OH is 1. The lowest BCUT2D eigenvalue weighted by Crippen LogP contribution is -2.53. The van der Waals surface area contributed by atoms with E-state index in [2.05, 4.69) is 10.0 Å². The van der Waals surface area contributed by atoms with E-state index in [-0.39, 0.29) is 24.8 Å². The standard InChI is InChI=1S/C25H43N5O8S/c1-25(2,3)38-24(35)27-19(23(34)30-15-17(31)14-20(30)21(26)32)12-10-8-6-7-9-11-16-13-18(16)22(33)28-39(36,37)29(4)5/h9,11,16-20,31H,6-8,10,12-15H2,1-5H3,(H2,26,32)(H,27,35)(H,28,33). The zero-order valence-corrected chi connectivity index (χ0v) is 24.2. The second kappa shape index (κ2) is 13.6. The maximum absolute atomic E-state index is 13.2. The highest BCUT2D eigenvalue weighted by molar-refractivity contribution is 7.87. The highest BCUT2D eigenvalue weighted by Gasteiger charge is 2.43. The molecule has 2 fully saturated rings. The summed E-state index contributed by atoms with van der Waals surface area (Å²) < 4.78 is 31.9. The molecule has 0 spiro atoms. The number of hydrogen-bond acceptors (Lipinski definition) is 8. The number of allylic oxidation sites excluding steroid dienone is 2. The van der Waals surface area contributed by atoms with Crippen molar-refractivity contribution < 1.29 is 37.4 Å². The number of carbonyl (C=O) groups excluding carboxylic acids is 4. The number of ether oxygens (including phenoxy) is 1. The molecule has 1 saturated carbocycles. The number of nitrogens with two attached hydrogens (primary N) is 1. The summed E-state index contributed by atoms with van der Waals surface area (Å²) >= 11 is 0. The van der Waals surface area contributed by atoms with Gasteiger partial charge in [0, 0.05) is 33.0 Å². The highest BCUT2D eigenvalue weighted by atomic mass is 32.2. The molecule has 5 unspecified atom stereocenters. The molecule has 0 radical (unpaired) electrons. The Kier molecular flexibility index (Phi) is 11.3. The molecular weight excluding hydrogens is 530 g/mol. The van der Waals surface area contributed by atoms with Crippen molar-refractivity contribution in [2.75, 3.05) is 20.6 Å². The van der Waals surface area contributed by atoms with Crippen LogP contribution in [0.25, 0.3) is 0 Å². The number of β-amino-alcohol motifs (C(OH)–C–C–N with tert-alkyl or cyclic N) is 1. The fourth-order valence-corrected chi connectivity index (χ4v) is 4.90. The van der Waals surface area contributed by atoms with Crippen LogP contribution in [0.1, 0.15) is 65.7 Å². The maximum atomic E-state index is 13.2. The van der Waals surface area contributed by atoms with Crippen LogP contribution in [-0.4, -0.2) is 91.0 Å². The summed E-state index contributed by atoms with van der Waals surface area (Å²) in [6.45, 7) is 5.08. The van der Waals surface area contributed by atoms with Gasteiger partial charge >= 0.3 is 16.3 Å². The van der Waals surface area contributed by atoms with Gasteiger partial charge in [-0.25, -0.2) is 9.52 Å². The number of amides is 4. The number of nitrogens with zero attached hydrogens (tertiary/aromatic N) is 2. The number of likely N-dealkylation sites (tertiary alicyclic amines) is 1. The third-order valence-electron chi connectivity index (χ3n) is 6.51. The Labute approximate surface area is 230 Å². The molecule has 5 atom stereocenters. The molecule has 4 amide bonds. The molecular formula is C25H43N5O8S. The molecule has 1 saturated heterocycles. The zero-order chi connectivity index (χ0) is 29.5. The topological polar surface area (TPSA) is 188 Å². The molecule has 5 N–H and O–H groups in total. The van der Waals surface area contributed by atoms with Crippen molar-refractivity contribution in [3.05, 3.63) is 12.2 Å². The molecule has 0 aromatic carbocycles. The maximum Gasteiger partial charge on any atom is 0.408 e. The molecule has 0 bridgehead atoms. The van der Waals surface area contributed by atoms with Gasteiger partial charge in [-0.1, -0.05) is 25.0 Å². The summed E-state index contributed by atoms with van der Waals surface area (Å²) in [6.07, 6.45) is 6.13. The quantitative estimate of drug-likeness (QED) is 0.180. The van der Waals surface area contributed by atoms with Gasteiger partial charge in [0.25, 0.3) is 0 Å². The molecule has 39 heavy (non-hydrogen) atoms. The molecule has 14 heteroatoms. The fraction of sp³-hybridized carbons (Fsp3) is 0.760. The minimum absolute atomic E-state index is 0.0106. The predicted molar refractivity (Wildman–Crippen MR) is 143 cm³/mol. The molecule has 222 valence electrons. The van der Waals surface area contributed by atoms with E-state index in [0.29, 0.717) is 19.3 Å². The van der Waals surface area contributed by atoms with Gasteiger partial charge in [0.1, 0.15) is 17.7 Å². The Bertz CT molecular complexity index is 1040. The van der Waals surface area contributed by atoms with Crippen molar-refractivity contribution in [2.45, 2.75) is 89.5 Å². The third kappa shape index (κ3) is 10.4. The first kappa shape index (κ1) is 32.5. The van der Waals surface area contributed by atoms with Crippen LogP contribution in [0.5, 0.6) is 0 Å². The van der Waals surface area contributed by atoms with Gasteiger partial charge < -0.3 is 25.8 Å². The Morgan fingerprint density at radius 3 is 2.41 bits per heavy atom. The number of hydrogen-bond donors (Lipinski definition) is 4. The van der Waals surface area contributed by atoms with Crippen molar-refractivity contribution in [3.8, 4) is 0 Å². The molecule has 0 aromatic heterocycles. The van der Waals surface area contributed by atoms with Crippen molar-refractivity contribution >= 4 is 34.0 Å². The zero-order valence-electron chi connectivity index (χ0n) is 23.4. The first-order valence-electron chi connectivity index (χ1n) is 13.2. The summed E-state index contributed by atoms with van der Waals surface area (Å²) in [5.41, 5.74) is 4.66. The summed E-state index contributed by atoms with van der Waals surface area (Å²) in [6, 6.07) is -1.87. The van der Waals surface area contributed by atoms with E-state index in [1.165, 1.54) is 19.0 Å². The summed E-state index contributed by atoms with van der Waals surface area (Å²) in [7, 11) is -1.10. The monoisotopic (exact) mass is 573 g/mol. The number of unbranched alkanes of at least 4 members (excludes halogenated alkanes) is 3. The van der Waals surface area contributed by atoms with Crippen LogP contribution in [0.3, 0.4) is 0 Å². The molecule has 13 nitrogen and oxygen atoms in total. The fourth-order valence-electron chi connectivity index (χ4n) is 4.32. The van der Waals surface area contributed by atoms with Crippen LogP contribution in [0.4, 0.5) is 4.79 Å². The normalized spacial score (nSPS) is 24.0. The minimum atomic E-state index is -3.79. The third-order valence-corrected chi connectivity index (χ3v) is 7.93. The summed E-state index contributed by atoms with van der Waals surface area (Å²) in [4.78, 5) is 50.7. The van der Waals surface area contributed by atoms with E-state index >= 15 is 0 Å². The van der Waals surface area contributed by atoms with Crippen LogP contribution < -0.4 is 15.8 Å². The summed E-state index contributed by atoms with van der Waals surface area (Å²) in [5.74, 6) is -2.05. The average molecular weight is 574 g/mol. The van der Waals surface area contributed by atoms with Crippen LogP contribution in [0.15, 0.2) is 12.2 Å². The second-order valence-corrected chi connectivity index (χ2v) is 13.2. The van der Waals surface area contributed by atoms with Gasteiger partial charge in [-0.2, -0.15) is 12.7 Å². The lowest BCUT2D eigenvalue weighted by molar-refractivity contribution is -0.139. The average Bonchev–Trinajstić information content (AvgIpc) is 3.47. The van der Waals surface area contributed by atoms with E-state index in [4.69, 9.17) is 10.5 Å². The minimum Gasteiger partial charge on any atom is -0.444 e. The van der Waals surface area contributed by atoms with E-state index < -0.39 is 57.8 Å². The van der Waals surface area contributed by atoms with Crippen LogP contribution in [0.2, 0.25) is 0 Å². The highest BCUT2D eigenvalue weighted by Crippen LogP contribution is 2.40. The van der Waals surface area contributed by atoms with Gasteiger partial charge in [0.05, 0.1) is 6.10 Å². The molecule has 1 aliphatic heterocycles. The predicted octanol–water partition coefficient (Wildman–Crippen LogP) is 0.392. The Morgan fingerprint density at radius 1 is 1.15 bits per heavy atom. The lowest BCUT2D eigenvalue weighted by atomic mass is 10.0. The van der Waals surface area contributed by atoms with E-state index in [9.17, 15) is 32.7 Å². The molecule has 0 aromatic rings. The van der Waals surface area contributed by atoms with Crippen LogP contribution in [0, 0.1) is 11.8 Å². The largest absolute Gasteiger partial charge is 0.444 e. The van der Waals surface area contributed by atoms with Gasteiger partial charge in [0.15, 0.2) is 0 Å². The number of nitrogens with one attached hydrogen (secondary N) is 2. The second-order valence-electron chi connectivity index (χ2n) is 11.3.